The number of carbonyl (C=O) groups excluding carboxylic acids is 3. The van der Waals surface area contributed by atoms with E-state index in [0.717, 1.165) is 11.1 Å². The van der Waals surface area contributed by atoms with Gasteiger partial charge in [0.25, 0.3) is 0 Å². The highest BCUT2D eigenvalue weighted by Gasteiger charge is 2.75. The van der Waals surface area contributed by atoms with E-state index in [9.17, 15) is 34.8 Å². The maximum atomic E-state index is 14.3. The summed E-state index contributed by atoms with van der Waals surface area (Å²) in [5, 5.41) is 46.4. The number of rotatable bonds is 5. The Morgan fingerprint density at radius 1 is 1.14 bits per heavy atom. The van der Waals surface area contributed by atoms with Crippen LogP contribution >= 0.6 is 0 Å². The van der Waals surface area contributed by atoms with E-state index in [-0.39, 0.29) is 36.6 Å². The topological polar surface area (TPSA) is 193 Å². The number of hydrogen-bond donors (Lipinski definition) is 6. The van der Waals surface area contributed by atoms with E-state index in [1.165, 1.54) is 6.07 Å². The van der Waals surface area contributed by atoms with Crippen LogP contribution in [-0.4, -0.2) is 62.8 Å². The summed E-state index contributed by atoms with van der Waals surface area (Å²) in [6.45, 7) is 7.31. The number of Topliss-reactive ketones (excluding diaryl/α,β-unsaturated/α-hetero) is 2. The van der Waals surface area contributed by atoms with Gasteiger partial charge < -0.3 is 36.6 Å². The van der Waals surface area contributed by atoms with E-state index in [4.69, 9.17) is 16.2 Å². The molecule has 8 atom stereocenters. The second-order valence-electron chi connectivity index (χ2n) is 13.2. The summed E-state index contributed by atoms with van der Waals surface area (Å²) in [4.78, 5) is 40.5. The second kappa shape index (κ2) is 9.87. The zero-order valence-corrected chi connectivity index (χ0v) is 24.5. The van der Waals surface area contributed by atoms with E-state index in [1.54, 1.807) is 26.2 Å². The number of primary amides is 1. The highest BCUT2D eigenvalue weighted by Crippen LogP contribution is 2.66. The molecular formula is C32H40N2O8. The predicted molar refractivity (Wildman–Crippen MR) is 153 cm³/mol. The minimum absolute atomic E-state index is 0.0153. The van der Waals surface area contributed by atoms with Gasteiger partial charge in [-0.2, -0.15) is 0 Å². The number of phenolic OH excluding ortho intramolecular Hbond substituents is 1. The maximum Gasteiger partial charge on any atom is 0.230 e. The molecule has 0 bridgehead atoms. The van der Waals surface area contributed by atoms with Gasteiger partial charge >= 0.3 is 0 Å². The van der Waals surface area contributed by atoms with Crippen molar-refractivity contribution in [2.75, 3.05) is 7.11 Å². The SMILES string of the molecule is COc1ccc(-c2ccc(O)c3c2C[C@]2(C)C[C@]4(C)[C@@H](C(C)C)C(O)[C@@H](C(N)=O)C(=O)[C@]4(O)C(O)[C@H]2C3=O)cc1CN. The molecule has 2 aromatic carbocycles. The number of ketones is 2. The molecular weight excluding hydrogens is 540 g/mol. The fourth-order valence-electron chi connectivity index (χ4n) is 8.91. The van der Waals surface area contributed by atoms with Crippen molar-refractivity contribution in [3.05, 3.63) is 47.0 Å². The highest BCUT2D eigenvalue weighted by atomic mass is 16.5. The minimum Gasteiger partial charge on any atom is -0.507 e. The molecule has 2 unspecified atom stereocenters. The predicted octanol–water partition coefficient (Wildman–Crippen LogP) is 1.71. The zero-order chi connectivity index (χ0) is 31.1. The Bertz CT molecular complexity index is 1490. The number of fused-ring (bicyclic) bond motifs is 3. The van der Waals surface area contributed by atoms with Crippen LogP contribution in [0.15, 0.2) is 30.3 Å². The molecule has 1 amide bonds. The fourth-order valence-corrected chi connectivity index (χ4v) is 8.91. The minimum atomic E-state index is -2.54. The number of ether oxygens (including phenoxy) is 1. The highest BCUT2D eigenvalue weighted by molar-refractivity contribution is 6.09. The Hall–Kier alpha value is -3.31. The van der Waals surface area contributed by atoms with Gasteiger partial charge in [-0.25, -0.2) is 0 Å². The standard InChI is InChI=1S/C32H40N2O8/c1-14(2)23-26(37)22(29(34)40)27(38)32(41)28(39)24-25(36)21-18(11-30(24,3)13-31(23,32)4)17(7-8-19(21)35)15-6-9-20(42-5)16(10-15)12-33/h6-10,14,22-24,26,28,35,37,39,41H,11-13,33H2,1-5H3,(H2,34,40)/t22-,23+,24-,26?,28?,30-,31-,32+/m1/s1. The first-order valence-corrected chi connectivity index (χ1v) is 14.3. The molecule has 0 saturated heterocycles. The summed E-state index contributed by atoms with van der Waals surface area (Å²) in [6, 6.07) is 8.64. The van der Waals surface area contributed by atoms with Gasteiger partial charge in [-0.3, -0.25) is 14.4 Å². The first-order valence-electron chi connectivity index (χ1n) is 14.3. The van der Waals surface area contributed by atoms with E-state index < -0.39 is 63.9 Å². The lowest BCUT2D eigenvalue weighted by Gasteiger charge is -2.66. The zero-order valence-electron chi connectivity index (χ0n) is 24.5. The lowest BCUT2D eigenvalue weighted by molar-refractivity contribution is -0.265. The second-order valence-corrected chi connectivity index (χ2v) is 13.2. The third-order valence-corrected chi connectivity index (χ3v) is 10.5. The third-order valence-electron chi connectivity index (χ3n) is 10.5. The van der Waals surface area contributed by atoms with Crippen molar-refractivity contribution in [2.24, 2.45) is 46.0 Å². The molecule has 0 spiro atoms. The molecule has 5 rings (SSSR count). The number of aromatic hydroxyl groups is 1. The Kier molecular flexibility index (Phi) is 7.09. The molecule has 8 N–H and O–H groups in total. The summed E-state index contributed by atoms with van der Waals surface area (Å²) >= 11 is 0. The fraction of sp³-hybridized carbons (Fsp3) is 0.531. The first-order chi connectivity index (χ1) is 19.6. The third kappa shape index (κ3) is 3.81. The molecule has 10 nitrogen and oxygen atoms in total. The van der Waals surface area contributed by atoms with Gasteiger partial charge in [0.2, 0.25) is 5.91 Å². The number of aliphatic hydroxyl groups excluding tert-OH is 2. The Morgan fingerprint density at radius 3 is 2.38 bits per heavy atom. The molecule has 0 aliphatic heterocycles. The van der Waals surface area contributed by atoms with Crippen molar-refractivity contribution in [1.29, 1.82) is 0 Å². The lowest BCUT2D eigenvalue weighted by Crippen LogP contribution is -2.79. The van der Waals surface area contributed by atoms with Gasteiger partial charge in [0.05, 0.1) is 24.7 Å². The number of phenols is 1. The smallest absolute Gasteiger partial charge is 0.230 e. The van der Waals surface area contributed by atoms with Gasteiger partial charge in [-0.1, -0.05) is 39.8 Å². The molecule has 0 aromatic heterocycles. The van der Waals surface area contributed by atoms with Crippen molar-refractivity contribution in [2.45, 2.75) is 64.9 Å². The molecule has 2 saturated carbocycles. The van der Waals surface area contributed by atoms with E-state index in [2.05, 4.69) is 0 Å². The summed E-state index contributed by atoms with van der Waals surface area (Å²) in [7, 11) is 1.55. The number of aliphatic hydroxyl groups is 3. The van der Waals surface area contributed by atoms with Crippen molar-refractivity contribution in [3.63, 3.8) is 0 Å². The van der Waals surface area contributed by atoms with Crippen LogP contribution in [0.5, 0.6) is 11.5 Å². The Morgan fingerprint density at radius 2 is 1.81 bits per heavy atom. The summed E-state index contributed by atoms with van der Waals surface area (Å²) in [5.41, 5.74) is 9.33. The van der Waals surface area contributed by atoms with Crippen LogP contribution < -0.4 is 16.2 Å². The number of benzene rings is 2. The molecule has 0 heterocycles. The molecule has 226 valence electrons. The van der Waals surface area contributed by atoms with Gasteiger partial charge in [0, 0.05) is 17.5 Å². The van der Waals surface area contributed by atoms with Crippen LogP contribution in [0.25, 0.3) is 11.1 Å². The molecule has 42 heavy (non-hydrogen) atoms. The van der Waals surface area contributed by atoms with Crippen LogP contribution in [0, 0.1) is 34.5 Å². The van der Waals surface area contributed by atoms with Crippen LogP contribution in [0.4, 0.5) is 0 Å². The number of hydrogen-bond acceptors (Lipinski definition) is 9. The molecule has 3 aliphatic rings. The average Bonchev–Trinajstić information content (AvgIpc) is 2.90. The number of methoxy groups -OCH3 is 1. The monoisotopic (exact) mass is 580 g/mol. The summed E-state index contributed by atoms with van der Waals surface area (Å²) < 4.78 is 5.41. The maximum absolute atomic E-state index is 14.3. The Balaban J connectivity index is 1.72. The number of carbonyl (C=O) groups is 3. The number of nitrogens with two attached hydrogens (primary N) is 2. The molecule has 2 aromatic rings. The van der Waals surface area contributed by atoms with Crippen LogP contribution in [0.3, 0.4) is 0 Å². The summed E-state index contributed by atoms with van der Waals surface area (Å²) in [5.74, 6) is -6.60. The normalized spacial score (nSPS) is 35.8. The van der Waals surface area contributed by atoms with Crippen LogP contribution in [0.2, 0.25) is 0 Å². The molecule has 10 heteroatoms. The average molecular weight is 581 g/mol. The molecule has 2 fully saturated rings. The lowest BCUT2D eigenvalue weighted by atomic mass is 9.39. The molecule has 3 aliphatic carbocycles. The summed E-state index contributed by atoms with van der Waals surface area (Å²) in [6.07, 6.45) is -3.10. The van der Waals surface area contributed by atoms with Gasteiger partial charge in [-0.05, 0) is 65.0 Å². The van der Waals surface area contributed by atoms with Crippen LogP contribution in [0.1, 0.15) is 55.6 Å². The molecule has 0 radical (unpaired) electrons. The van der Waals surface area contributed by atoms with Gasteiger partial charge in [-0.15, -0.1) is 0 Å². The largest absolute Gasteiger partial charge is 0.507 e. The van der Waals surface area contributed by atoms with Crippen molar-refractivity contribution < 1.29 is 39.5 Å². The quantitative estimate of drug-likeness (QED) is 0.286. The van der Waals surface area contributed by atoms with Crippen molar-refractivity contribution in [3.8, 4) is 22.6 Å². The number of amides is 1. The van der Waals surface area contributed by atoms with Gasteiger partial charge in [0.15, 0.2) is 17.2 Å². The van der Waals surface area contributed by atoms with Gasteiger partial charge in [0.1, 0.15) is 23.5 Å². The Labute approximate surface area is 244 Å². The first kappa shape index (κ1) is 30.2. The van der Waals surface area contributed by atoms with Crippen molar-refractivity contribution >= 4 is 17.5 Å². The van der Waals surface area contributed by atoms with Crippen molar-refractivity contribution in [1.82, 2.24) is 0 Å². The van der Waals surface area contributed by atoms with Crippen LogP contribution in [-0.2, 0) is 22.6 Å². The van der Waals surface area contributed by atoms with E-state index in [1.807, 2.05) is 32.9 Å². The van der Waals surface area contributed by atoms with E-state index >= 15 is 0 Å². The van der Waals surface area contributed by atoms with E-state index in [0.29, 0.717) is 16.9 Å².